The van der Waals surface area contributed by atoms with Gasteiger partial charge in [-0.1, -0.05) is 0 Å². The molecule has 2 aromatic rings. The highest BCUT2D eigenvalue weighted by atomic mass is 16.6. The maximum Gasteiger partial charge on any atom is 0.326 e. The Morgan fingerprint density at radius 1 is 1.40 bits per heavy atom. The molecule has 0 radical (unpaired) electrons. The van der Waals surface area contributed by atoms with Gasteiger partial charge in [-0.2, -0.15) is 0 Å². The van der Waals surface area contributed by atoms with Gasteiger partial charge in [0.15, 0.2) is 5.76 Å². The summed E-state index contributed by atoms with van der Waals surface area (Å²) in [4.78, 5) is 32.9. The molecule has 158 valence electrons. The standard InChI is InChI=1S/C20H22N4O6/c1-27-9-10-29-20(26)16-17(25)15(30-19(16)23-24-5-7-28-8-6-24)11-13-12-22-18-14(13)3-2-4-21-18/h2-4,11-12,16H,5-10H2,1H3,(H,21,22)/b15-11-,23-19-. The van der Waals surface area contributed by atoms with Crippen molar-refractivity contribution in [2.45, 2.75) is 0 Å². The second-order valence-corrected chi connectivity index (χ2v) is 6.72. The van der Waals surface area contributed by atoms with Crippen LogP contribution in [0, 0.1) is 5.92 Å². The number of rotatable bonds is 6. The van der Waals surface area contributed by atoms with E-state index in [4.69, 9.17) is 18.9 Å². The molecule has 10 heteroatoms. The molecule has 30 heavy (non-hydrogen) atoms. The number of fused-ring (bicyclic) bond motifs is 1. The van der Waals surface area contributed by atoms with Crippen molar-refractivity contribution in [3.8, 4) is 0 Å². The number of morpholine rings is 1. The molecule has 0 aromatic carbocycles. The van der Waals surface area contributed by atoms with Crippen molar-refractivity contribution >= 4 is 34.8 Å². The summed E-state index contributed by atoms with van der Waals surface area (Å²) in [5.41, 5.74) is 1.41. The fourth-order valence-corrected chi connectivity index (χ4v) is 3.20. The van der Waals surface area contributed by atoms with E-state index in [0.29, 0.717) is 32.0 Å². The van der Waals surface area contributed by atoms with Gasteiger partial charge in [-0.15, -0.1) is 5.10 Å². The normalized spacial score (nSPS) is 22.1. The molecule has 10 nitrogen and oxygen atoms in total. The third-order valence-electron chi connectivity index (χ3n) is 4.73. The number of hydrogen-bond donors (Lipinski definition) is 1. The second kappa shape index (κ2) is 9.06. The summed E-state index contributed by atoms with van der Waals surface area (Å²) in [5, 5.41) is 6.95. The molecule has 2 fully saturated rings. The number of H-pyrrole nitrogens is 1. The van der Waals surface area contributed by atoms with Crippen LogP contribution in [0.15, 0.2) is 35.4 Å². The van der Waals surface area contributed by atoms with Crippen molar-refractivity contribution in [2.24, 2.45) is 11.0 Å². The number of ketones is 1. The quantitative estimate of drug-likeness (QED) is 0.322. The highest BCUT2D eigenvalue weighted by molar-refractivity contribution is 6.27. The van der Waals surface area contributed by atoms with Crippen LogP contribution in [-0.4, -0.2) is 79.3 Å². The first-order valence-electron chi connectivity index (χ1n) is 9.60. The minimum Gasteiger partial charge on any atom is -0.462 e. The van der Waals surface area contributed by atoms with Crippen LogP contribution in [-0.2, 0) is 28.5 Å². The Morgan fingerprint density at radius 3 is 3.03 bits per heavy atom. The van der Waals surface area contributed by atoms with Gasteiger partial charge in [0.25, 0.3) is 0 Å². The molecular weight excluding hydrogens is 392 g/mol. The molecule has 2 aliphatic rings. The number of Topliss-reactive ketones (excluding diaryl/α,β-unsaturated/α-hetero) is 1. The van der Waals surface area contributed by atoms with Crippen molar-refractivity contribution in [2.75, 3.05) is 46.6 Å². The summed E-state index contributed by atoms with van der Waals surface area (Å²) in [5.74, 6) is -2.43. The van der Waals surface area contributed by atoms with E-state index in [-0.39, 0.29) is 24.9 Å². The number of ether oxygens (including phenoxy) is 4. The zero-order chi connectivity index (χ0) is 20.9. The lowest BCUT2D eigenvalue weighted by Crippen LogP contribution is -2.35. The maximum absolute atomic E-state index is 13.0. The third-order valence-corrected chi connectivity index (χ3v) is 4.73. The molecule has 1 unspecified atom stereocenters. The van der Waals surface area contributed by atoms with Crippen LogP contribution in [0.4, 0.5) is 0 Å². The van der Waals surface area contributed by atoms with Gasteiger partial charge < -0.3 is 23.9 Å². The molecule has 4 heterocycles. The Labute approximate surface area is 172 Å². The van der Waals surface area contributed by atoms with Gasteiger partial charge in [0.1, 0.15) is 12.3 Å². The number of methoxy groups -OCH3 is 1. The average molecular weight is 414 g/mol. The van der Waals surface area contributed by atoms with E-state index in [9.17, 15) is 9.59 Å². The minimum atomic E-state index is -1.25. The highest BCUT2D eigenvalue weighted by Crippen LogP contribution is 2.28. The van der Waals surface area contributed by atoms with Gasteiger partial charge in [-0.05, 0) is 18.2 Å². The van der Waals surface area contributed by atoms with Crippen LogP contribution in [0.5, 0.6) is 0 Å². The number of carbonyl (C=O) groups excluding carboxylic acids is 2. The van der Waals surface area contributed by atoms with E-state index < -0.39 is 17.7 Å². The molecule has 2 aliphatic heterocycles. The molecule has 0 aliphatic carbocycles. The van der Waals surface area contributed by atoms with Crippen molar-refractivity contribution in [1.29, 1.82) is 0 Å². The first kappa shape index (κ1) is 20.0. The van der Waals surface area contributed by atoms with Crippen LogP contribution in [0.25, 0.3) is 17.1 Å². The zero-order valence-electron chi connectivity index (χ0n) is 16.5. The number of allylic oxidation sites excluding steroid dienone is 1. The third kappa shape index (κ3) is 4.19. The second-order valence-electron chi connectivity index (χ2n) is 6.72. The van der Waals surface area contributed by atoms with Gasteiger partial charge >= 0.3 is 5.97 Å². The van der Waals surface area contributed by atoms with E-state index in [1.807, 2.05) is 6.07 Å². The number of esters is 1. The van der Waals surface area contributed by atoms with Gasteiger partial charge in [-0.25, -0.2) is 4.98 Å². The lowest BCUT2D eigenvalue weighted by atomic mass is 10.0. The number of nitrogens with one attached hydrogen (secondary N) is 1. The topological polar surface area (TPSA) is 115 Å². The molecule has 4 rings (SSSR count). The van der Waals surface area contributed by atoms with E-state index in [2.05, 4.69) is 15.1 Å². The summed E-state index contributed by atoms with van der Waals surface area (Å²) in [6.07, 6.45) is 4.98. The largest absolute Gasteiger partial charge is 0.462 e. The average Bonchev–Trinajstić information content (AvgIpc) is 3.30. The summed E-state index contributed by atoms with van der Waals surface area (Å²) < 4.78 is 21.1. The van der Waals surface area contributed by atoms with E-state index in [1.54, 1.807) is 29.5 Å². The predicted octanol–water partition coefficient (Wildman–Crippen LogP) is 0.955. The van der Waals surface area contributed by atoms with Crippen LogP contribution >= 0.6 is 0 Å². The molecule has 2 aromatic heterocycles. The van der Waals surface area contributed by atoms with Crippen molar-refractivity contribution < 1.29 is 28.5 Å². The van der Waals surface area contributed by atoms with Crippen molar-refractivity contribution in [3.05, 3.63) is 35.8 Å². The number of hydrazone groups is 1. The number of aromatic nitrogens is 2. The van der Waals surface area contributed by atoms with Crippen LogP contribution in [0.1, 0.15) is 5.56 Å². The molecule has 1 atom stereocenters. The number of nitrogens with zero attached hydrogens (tertiary/aromatic N) is 3. The van der Waals surface area contributed by atoms with Crippen molar-refractivity contribution in [1.82, 2.24) is 15.0 Å². The summed E-state index contributed by atoms with van der Waals surface area (Å²) in [6.45, 7) is 2.38. The molecule has 0 spiro atoms. The fourth-order valence-electron chi connectivity index (χ4n) is 3.20. The number of hydrogen-bond acceptors (Lipinski definition) is 9. The first-order chi connectivity index (χ1) is 14.7. The van der Waals surface area contributed by atoms with Gasteiger partial charge in [0.05, 0.1) is 32.9 Å². The number of pyridine rings is 1. The number of aromatic amines is 1. The first-order valence-corrected chi connectivity index (χ1v) is 9.60. The Hall–Kier alpha value is -3.24. The van der Waals surface area contributed by atoms with Gasteiger partial charge in [0, 0.05) is 30.5 Å². The zero-order valence-corrected chi connectivity index (χ0v) is 16.5. The van der Waals surface area contributed by atoms with E-state index >= 15 is 0 Å². The molecular formula is C20H22N4O6. The summed E-state index contributed by atoms with van der Waals surface area (Å²) in [6, 6.07) is 3.68. The van der Waals surface area contributed by atoms with Crippen molar-refractivity contribution in [3.63, 3.8) is 0 Å². The highest BCUT2D eigenvalue weighted by Gasteiger charge is 2.45. The molecule has 0 saturated carbocycles. The smallest absolute Gasteiger partial charge is 0.326 e. The Balaban J connectivity index is 1.63. The van der Waals surface area contributed by atoms with Crippen LogP contribution < -0.4 is 0 Å². The molecule has 1 N–H and O–H groups in total. The maximum atomic E-state index is 13.0. The van der Waals surface area contributed by atoms with E-state index in [1.165, 1.54) is 7.11 Å². The monoisotopic (exact) mass is 414 g/mol. The predicted molar refractivity (Wildman–Crippen MR) is 106 cm³/mol. The van der Waals surface area contributed by atoms with Gasteiger partial charge in [-0.3, -0.25) is 14.6 Å². The lowest BCUT2D eigenvalue weighted by molar-refractivity contribution is -0.149. The fraction of sp³-hybridized carbons (Fsp3) is 0.400. The van der Waals surface area contributed by atoms with Gasteiger partial charge in [0.2, 0.25) is 17.6 Å². The van der Waals surface area contributed by atoms with Crippen LogP contribution in [0.3, 0.4) is 0 Å². The molecule has 0 amide bonds. The Kier molecular flexibility index (Phi) is 6.05. The number of carbonyl (C=O) groups is 2. The lowest BCUT2D eigenvalue weighted by Gasteiger charge is -2.24. The SMILES string of the molecule is COCCOC(=O)C1C(=O)/C(=C/c2c[nH]c3ncccc23)O/C1=N\N1CCOCC1. The summed E-state index contributed by atoms with van der Waals surface area (Å²) in [7, 11) is 1.50. The minimum absolute atomic E-state index is 0.00790. The molecule has 0 bridgehead atoms. The summed E-state index contributed by atoms with van der Waals surface area (Å²) >= 11 is 0. The Morgan fingerprint density at radius 2 is 2.23 bits per heavy atom. The van der Waals surface area contributed by atoms with E-state index in [0.717, 1.165) is 10.9 Å². The van der Waals surface area contributed by atoms with Crippen LogP contribution in [0.2, 0.25) is 0 Å². The Bertz CT molecular complexity index is 992. The molecule has 2 saturated heterocycles.